The van der Waals surface area contributed by atoms with Crippen LogP contribution in [0.25, 0.3) is 0 Å². The van der Waals surface area contributed by atoms with Gasteiger partial charge in [0.05, 0.1) is 15.1 Å². The monoisotopic (exact) mass is 360 g/mol. The zero-order chi connectivity index (χ0) is 14.7. The van der Waals surface area contributed by atoms with Crippen molar-refractivity contribution < 1.29 is 14.1 Å². The van der Waals surface area contributed by atoms with Gasteiger partial charge in [-0.1, -0.05) is 11.6 Å². The SMILES string of the molecule is O=[N+]([O-])c1cc(Br)c(F)cc1OCc1cc(Cl)ccn1. The summed E-state index contributed by atoms with van der Waals surface area (Å²) in [5.41, 5.74) is 0.149. The molecule has 0 bridgehead atoms. The largest absolute Gasteiger partial charge is 0.480 e. The molecule has 5 nitrogen and oxygen atoms in total. The van der Waals surface area contributed by atoms with Gasteiger partial charge in [0.2, 0.25) is 5.75 Å². The fourth-order valence-corrected chi connectivity index (χ4v) is 1.97. The van der Waals surface area contributed by atoms with E-state index in [-0.39, 0.29) is 22.5 Å². The summed E-state index contributed by atoms with van der Waals surface area (Å²) in [4.78, 5) is 14.2. The molecule has 1 aromatic heterocycles. The Morgan fingerprint density at radius 1 is 1.45 bits per heavy atom. The Balaban J connectivity index is 2.24. The van der Waals surface area contributed by atoms with E-state index in [0.717, 1.165) is 12.1 Å². The first-order chi connectivity index (χ1) is 9.47. The average Bonchev–Trinajstić information content (AvgIpc) is 2.39. The van der Waals surface area contributed by atoms with Crippen LogP contribution < -0.4 is 4.74 Å². The van der Waals surface area contributed by atoms with E-state index in [1.807, 2.05) is 0 Å². The van der Waals surface area contributed by atoms with Crippen LogP contribution in [0.15, 0.2) is 34.9 Å². The number of benzene rings is 1. The summed E-state index contributed by atoms with van der Waals surface area (Å²) in [6.45, 7) is -0.0531. The van der Waals surface area contributed by atoms with Crippen molar-refractivity contribution in [1.29, 1.82) is 0 Å². The number of halogens is 3. The van der Waals surface area contributed by atoms with Gasteiger partial charge in [0.15, 0.2) is 0 Å². The molecule has 0 saturated carbocycles. The molecule has 104 valence electrons. The number of nitro benzene ring substituents is 1. The zero-order valence-electron chi connectivity index (χ0n) is 9.85. The van der Waals surface area contributed by atoms with E-state index in [1.165, 1.54) is 6.20 Å². The summed E-state index contributed by atoms with van der Waals surface area (Å²) in [6, 6.07) is 5.15. The van der Waals surface area contributed by atoms with Crippen LogP contribution >= 0.6 is 27.5 Å². The van der Waals surface area contributed by atoms with E-state index >= 15 is 0 Å². The molecule has 20 heavy (non-hydrogen) atoms. The van der Waals surface area contributed by atoms with Gasteiger partial charge in [-0.25, -0.2) is 4.39 Å². The van der Waals surface area contributed by atoms with Crippen molar-refractivity contribution in [3.8, 4) is 5.75 Å². The van der Waals surface area contributed by atoms with Gasteiger partial charge in [-0.15, -0.1) is 0 Å². The molecule has 0 aliphatic heterocycles. The first-order valence-corrected chi connectivity index (χ1v) is 6.51. The quantitative estimate of drug-likeness (QED) is 0.607. The van der Waals surface area contributed by atoms with E-state index < -0.39 is 10.7 Å². The highest BCUT2D eigenvalue weighted by atomic mass is 79.9. The summed E-state index contributed by atoms with van der Waals surface area (Å²) >= 11 is 8.67. The molecule has 0 aliphatic carbocycles. The second kappa shape index (κ2) is 6.15. The van der Waals surface area contributed by atoms with Crippen LogP contribution in [0.3, 0.4) is 0 Å². The standard InChI is InChI=1S/C12H7BrClFN2O3/c13-9-4-11(17(18)19)12(5-10(9)15)20-6-8-3-7(14)1-2-16-8/h1-5H,6H2. The molecular formula is C12H7BrClFN2O3. The van der Waals surface area contributed by atoms with E-state index in [9.17, 15) is 14.5 Å². The normalized spacial score (nSPS) is 10.3. The molecule has 0 aliphatic rings. The first-order valence-electron chi connectivity index (χ1n) is 5.34. The number of aromatic nitrogens is 1. The molecule has 0 N–H and O–H groups in total. The van der Waals surface area contributed by atoms with Crippen molar-refractivity contribution in [2.75, 3.05) is 0 Å². The van der Waals surface area contributed by atoms with Crippen molar-refractivity contribution in [3.05, 3.63) is 61.6 Å². The van der Waals surface area contributed by atoms with E-state index in [4.69, 9.17) is 16.3 Å². The minimum absolute atomic E-state index is 0.00238. The molecule has 0 fully saturated rings. The number of pyridine rings is 1. The van der Waals surface area contributed by atoms with Crippen molar-refractivity contribution in [1.82, 2.24) is 4.98 Å². The van der Waals surface area contributed by atoms with Gasteiger partial charge in [-0.05, 0) is 28.1 Å². The summed E-state index contributed by atoms with van der Waals surface area (Å²) in [5.74, 6) is -0.817. The molecule has 8 heteroatoms. The number of rotatable bonds is 4. The minimum atomic E-state index is -0.648. The van der Waals surface area contributed by atoms with Gasteiger partial charge in [-0.3, -0.25) is 15.1 Å². The summed E-state index contributed by atoms with van der Waals surface area (Å²) in [5, 5.41) is 11.4. The topological polar surface area (TPSA) is 65.3 Å². The van der Waals surface area contributed by atoms with Crippen LogP contribution in [0.4, 0.5) is 10.1 Å². The van der Waals surface area contributed by atoms with E-state index in [0.29, 0.717) is 10.7 Å². The van der Waals surface area contributed by atoms with Gasteiger partial charge in [0.1, 0.15) is 12.4 Å². The smallest absolute Gasteiger partial charge is 0.312 e. The maximum Gasteiger partial charge on any atom is 0.312 e. The molecule has 1 heterocycles. The highest BCUT2D eigenvalue weighted by Gasteiger charge is 2.19. The van der Waals surface area contributed by atoms with Gasteiger partial charge >= 0.3 is 5.69 Å². The molecule has 1 aromatic carbocycles. The van der Waals surface area contributed by atoms with E-state index in [2.05, 4.69) is 20.9 Å². The molecule has 0 saturated heterocycles. The number of nitrogens with zero attached hydrogens (tertiary/aromatic N) is 2. The lowest BCUT2D eigenvalue weighted by Gasteiger charge is -2.07. The Labute approximate surface area is 126 Å². The minimum Gasteiger partial charge on any atom is -0.480 e. The van der Waals surface area contributed by atoms with Gasteiger partial charge in [0, 0.05) is 23.4 Å². The summed E-state index contributed by atoms with van der Waals surface area (Å²) in [6.07, 6.45) is 1.48. The highest BCUT2D eigenvalue weighted by molar-refractivity contribution is 9.10. The Morgan fingerprint density at radius 3 is 2.85 bits per heavy atom. The third-order valence-electron chi connectivity index (χ3n) is 2.35. The Kier molecular flexibility index (Phi) is 4.51. The molecule has 0 spiro atoms. The Morgan fingerprint density at radius 2 is 2.20 bits per heavy atom. The van der Waals surface area contributed by atoms with Crippen LogP contribution in [-0.4, -0.2) is 9.91 Å². The number of nitro groups is 1. The molecule has 0 atom stereocenters. The predicted octanol–water partition coefficient (Wildman–Crippen LogP) is 4.12. The predicted molar refractivity (Wildman–Crippen MR) is 74.3 cm³/mol. The molecule has 0 amide bonds. The fraction of sp³-hybridized carbons (Fsp3) is 0.0833. The second-order valence-corrected chi connectivity index (χ2v) is 5.04. The molecule has 2 rings (SSSR count). The van der Waals surface area contributed by atoms with Gasteiger partial charge in [-0.2, -0.15) is 0 Å². The van der Waals surface area contributed by atoms with Crippen molar-refractivity contribution >= 4 is 33.2 Å². The maximum absolute atomic E-state index is 13.4. The van der Waals surface area contributed by atoms with Gasteiger partial charge in [0.25, 0.3) is 0 Å². The summed E-state index contributed by atoms with van der Waals surface area (Å²) in [7, 11) is 0. The van der Waals surface area contributed by atoms with Crippen molar-refractivity contribution in [2.45, 2.75) is 6.61 Å². The maximum atomic E-state index is 13.4. The van der Waals surface area contributed by atoms with Crippen molar-refractivity contribution in [3.63, 3.8) is 0 Å². The summed E-state index contributed by atoms with van der Waals surface area (Å²) < 4.78 is 18.7. The van der Waals surface area contributed by atoms with Crippen LogP contribution in [0.5, 0.6) is 5.75 Å². The number of hydrogen-bond donors (Lipinski definition) is 0. The Bertz CT molecular complexity index is 669. The number of ether oxygens (including phenoxy) is 1. The lowest BCUT2D eigenvalue weighted by atomic mass is 10.3. The van der Waals surface area contributed by atoms with Crippen LogP contribution in [0.1, 0.15) is 5.69 Å². The second-order valence-electron chi connectivity index (χ2n) is 3.75. The highest BCUT2D eigenvalue weighted by Crippen LogP contribution is 2.32. The van der Waals surface area contributed by atoms with Crippen LogP contribution in [0, 0.1) is 15.9 Å². The first kappa shape index (κ1) is 14.7. The van der Waals surface area contributed by atoms with Gasteiger partial charge < -0.3 is 4.74 Å². The third kappa shape index (κ3) is 3.43. The average molecular weight is 362 g/mol. The van der Waals surface area contributed by atoms with Crippen molar-refractivity contribution in [2.24, 2.45) is 0 Å². The molecular weight excluding hydrogens is 354 g/mol. The molecule has 0 radical (unpaired) electrons. The lowest BCUT2D eigenvalue weighted by Crippen LogP contribution is -2.01. The Hall–Kier alpha value is -1.73. The fourth-order valence-electron chi connectivity index (χ4n) is 1.46. The van der Waals surface area contributed by atoms with E-state index in [1.54, 1.807) is 12.1 Å². The molecule has 0 unspecified atom stereocenters. The number of hydrogen-bond acceptors (Lipinski definition) is 4. The van der Waals surface area contributed by atoms with Crippen LogP contribution in [0.2, 0.25) is 5.02 Å². The molecule has 2 aromatic rings. The third-order valence-corrected chi connectivity index (χ3v) is 3.20. The zero-order valence-corrected chi connectivity index (χ0v) is 12.2. The lowest BCUT2D eigenvalue weighted by molar-refractivity contribution is -0.386. The van der Waals surface area contributed by atoms with Crippen LogP contribution in [-0.2, 0) is 6.61 Å².